The Balaban J connectivity index is 2.99. The third kappa shape index (κ3) is 4.17. The zero-order valence-electron chi connectivity index (χ0n) is 9.58. The minimum Gasteiger partial charge on any atom is -0.328 e. The summed E-state index contributed by atoms with van der Waals surface area (Å²) in [6.07, 6.45) is 0.496. The van der Waals surface area contributed by atoms with E-state index >= 15 is 0 Å². The van der Waals surface area contributed by atoms with Crippen LogP contribution >= 0.6 is 27.5 Å². The molecular weight excluding hydrogens is 347 g/mol. The summed E-state index contributed by atoms with van der Waals surface area (Å²) in [6, 6.07) is 1.89. The molecule has 3 N–H and O–H groups in total. The van der Waals surface area contributed by atoms with Crippen molar-refractivity contribution in [2.45, 2.75) is 24.3 Å². The zero-order chi connectivity index (χ0) is 13.9. The lowest BCUT2D eigenvalue weighted by Crippen LogP contribution is -2.29. The first kappa shape index (κ1) is 15.8. The van der Waals surface area contributed by atoms with Gasteiger partial charge in [0.25, 0.3) is 0 Å². The van der Waals surface area contributed by atoms with Crippen molar-refractivity contribution in [2.75, 3.05) is 6.54 Å². The van der Waals surface area contributed by atoms with Gasteiger partial charge in [-0.1, -0.05) is 11.6 Å². The van der Waals surface area contributed by atoms with Crippen LogP contribution in [0.2, 0.25) is 5.02 Å². The van der Waals surface area contributed by atoms with Crippen LogP contribution < -0.4 is 10.5 Å². The fourth-order valence-electron chi connectivity index (χ4n) is 1.28. The van der Waals surface area contributed by atoms with Crippen molar-refractivity contribution in [2.24, 2.45) is 5.73 Å². The maximum atomic E-state index is 13.0. The molecule has 102 valence electrons. The first-order chi connectivity index (χ1) is 8.24. The van der Waals surface area contributed by atoms with Gasteiger partial charge in [0.15, 0.2) is 0 Å². The predicted octanol–water partition coefficient (Wildman–Crippen LogP) is 2.26. The Kier molecular flexibility index (Phi) is 5.54. The van der Waals surface area contributed by atoms with Gasteiger partial charge in [-0.25, -0.2) is 17.5 Å². The number of hydrogen-bond donors (Lipinski definition) is 2. The molecule has 0 bridgehead atoms. The monoisotopic (exact) mass is 358 g/mol. The molecular formula is C10H13BrClFN2O2S. The van der Waals surface area contributed by atoms with Crippen molar-refractivity contribution in [1.29, 1.82) is 0 Å². The maximum absolute atomic E-state index is 13.0. The van der Waals surface area contributed by atoms with Crippen molar-refractivity contribution >= 4 is 37.6 Å². The van der Waals surface area contributed by atoms with Gasteiger partial charge >= 0.3 is 0 Å². The van der Waals surface area contributed by atoms with Gasteiger partial charge in [0.05, 0.1) is 5.02 Å². The zero-order valence-corrected chi connectivity index (χ0v) is 12.7. The molecule has 1 aromatic carbocycles. The van der Waals surface area contributed by atoms with E-state index in [0.717, 1.165) is 12.1 Å². The van der Waals surface area contributed by atoms with Gasteiger partial charge in [-0.2, -0.15) is 0 Å². The number of halogens is 3. The highest BCUT2D eigenvalue weighted by atomic mass is 79.9. The van der Waals surface area contributed by atoms with Gasteiger partial charge in [-0.05, 0) is 41.4 Å². The molecule has 0 spiro atoms. The van der Waals surface area contributed by atoms with Crippen LogP contribution in [0, 0.1) is 5.82 Å². The van der Waals surface area contributed by atoms with Crippen molar-refractivity contribution in [3.8, 4) is 0 Å². The van der Waals surface area contributed by atoms with Gasteiger partial charge in [0, 0.05) is 17.1 Å². The molecule has 0 heterocycles. The van der Waals surface area contributed by atoms with Crippen LogP contribution in [0.25, 0.3) is 0 Å². The normalized spacial score (nSPS) is 13.6. The molecule has 4 nitrogen and oxygen atoms in total. The summed E-state index contributed by atoms with van der Waals surface area (Å²) in [5.74, 6) is -0.610. The third-order valence-corrected chi connectivity index (χ3v) is 4.98. The molecule has 0 saturated carbocycles. The molecule has 1 atom stereocenters. The smallest absolute Gasteiger partial charge is 0.243 e. The number of sulfonamides is 1. The number of benzene rings is 1. The van der Waals surface area contributed by atoms with Crippen molar-refractivity contribution in [3.05, 3.63) is 27.4 Å². The maximum Gasteiger partial charge on any atom is 0.243 e. The SMILES string of the molecule is CC(N)CCNS(=O)(=O)c1c(Cl)cc(F)cc1Br. The summed E-state index contributed by atoms with van der Waals surface area (Å²) in [6.45, 7) is 1.97. The van der Waals surface area contributed by atoms with Gasteiger partial charge < -0.3 is 5.73 Å². The topological polar surface area (TPSA) is 72.2 Å². The first-order valence-electron chi connectivity index (χ1n) is 5.14. The average molecular weight is 360 g/mol. The molecule has 0 aliphatic heterocycles. The summed E-state index contributed by atoms with van der Waals surface area (Å²) < 4.78 is 39.4. The molecule has 0 saturated heterocycles. The summed E-state index contributed by atoms with van der Waals surface area (Å²) in [4.78, 5) is -0.171. The molecule has 1 aromatic rings. The van der Waals surface area contributed by atoms with Crippen molar-refractivity contribution in [1.82, 2.24) is 4.72 Å². The van der Waals surface area contributed by atoms with Gasteiger partial charge in [0.2, 0.25) is 10.0 Å². The van der Waals surface area contributed by atoms with Crippen LogP contribution in [0.5, 0.6) is 0 Å². The second-order valence-electron chi connectivity index (χ2n) is 3.86. The van der Waals surface area contributed by atoms with Crippen LogP contribution in [0.1, 0.15) is 13.3 Å². The van der Waals surface area contributed by atoms with E-state index in [9.17, 15) is 12.8 Å². The summed E-state index contributed by atoms with van der Waals surface area (Å²) in [5, 5.41) is -0.171. The lowest BCUT2D eigenvalue weighted by atomic mass is 10.3. The quantitative estimate of drug-likeness (QED) is 0.847. The first-order valence-corrected chi connectivity index (χ1v) is 7.79. The molecule has 0 aliphatic rings. The number of hydrogen-bond acceptors (Lipinski definition) is 3. The molecule has 18 heavy (non-hydrogen) atoms. The molecule has 0 fully saturated rings. The molecule has 0 aliphatic carbocycles. The highest BCUT2D eigenvalue weighted by molar-refractivity contribution is 9.10. The molecule has 0 radical (unpaired) electrons. The van der Waals surface area contributed by atoms with Crippen molar-refractivity contribution < 1.29 is 12.8 Å². The number of nitrogens with two attached hydrogens (primary N) is 1. The molecule has 0 aromatic heterocycles. The summed E-state index contributed by atoms with van der Waals surface area (Å²) in [7, 11) is -3.79. The van der Waals surface area contributed by atoms with E-state index < -0.39 is 15.8 Å². The Labute approximate surface area is 119 Å². The minimum absolute atomic E-state index is 0.0841. The molecule has 0 amide bonds. The Morgan fingerprint density at radius 3 is 2.67 bits per heavy atom. The fourth-order valence-corrected chi connectivity index (χ4v) is 4.14. The van der Waals surface area contributed by atoms with Gasteiger partial charge in [0.1, 0.15) is 10.7 Å². The second kappa shape index (κ2) is 6.29. The summed E-state index contributed by atoms with van der Waals surface area (Å²) in [5.41, 5.74) is 5.52. The van der Waals surface area contributed by atoms with E-state index in [4.69, 9.17) is 17.3 Å². The van der Waals surface area contributed by atoms with Gasteiger partial charge in [-0.15, -0.1) is 0 Å². The third-order valence-electron chi connectivity index (χ3n) is 2.12. The van der Waals surface area contributed by atoms with E-state index in [1.54, 1.807) is 6.92 Å². The fraction of sp³-hybridized carbons (Fsp3) is 0.400. The standard InChI is InChI=1S/C10H13BrClFN2O2S/c1-6(14)2-3-15-18(16,17)10-8(11)4-7(13)5-9(10)12/h4-6,15H,2-3,14H2,1H3. The lowest BCUT2D eigenvalue weighted by Gasteiger charge is -2.11. The predicted molar refractivity (Wildman–Crippen MR) is 72.6 cm³/mol. The largest absolute Gasteiger partial charge is 0.328 e. The molecule has 1 unspecified atom stereocenters. The lowest BCUT2D eigenvalue weighted by molar-refractivity contribution is 0.570. The minimum atomic E-state index is -3.79. The Morgan fingerprint density at radius 1 is 1.56 bits per heavy atom. The van der Waals surface area contributed by atoms with E-state index in [-0.39, 0.29) is 27.0 Å². The second-order valence-corrected chi connectivity index (χ2v) is 6.83. The van der Waals surface area contributed by atoms with Crippen LogP contribution in [0.3, 0.4) is 0 Å². The van der Waals surface area contributed by atoms with E-state index in [1.807, 2.05) is 0 Å². The highest BCUT2D eigenvalue weighted by Crippen LogP contribution is 2.30. The van der Waals surface area contributed by atoms with Gasteiger partial charge in [-0.3, -0.25) is 0 Å². The average Bonchev–Trinajstić information content (AvgIpc) is 2.13. The Morgan fingerprint density at radius 2 is 2.17 bits per heavy atom. The number of rotatable bonds is 5. The van der Waals surface area contributed by atoms with Crippen LogP contribution in [-0.4, -0.2) is 21.0 Å². The van der Waals surface area contributed by atoms with Crippen LogP contribution in [0.15, 0.2) is 21.5 Å². The van der Waals surface area contributed by atoms with E-state index in [1.165, 1.54) is 0 Å². The van der Waals surface area contributed by atoms with Crippen LogP contribution in [-0.2, 0) is 10.0 Å². The Bertz CT molecular complexity index is 514. The summed E-state index contributed by atoms with van der Waals surface area (Å²) >= 11 is 8.73. The number of nitrogens with one attached hydrogen (secondary N) is 1. The van der Waals surface area contributed by atoms with Crippen molar-refractivity contribution in [3.63, 3.8) is 0 Å². The van der Waals surface area contributed by atoms with Crippen LogP contribution in [0.4, 0.5) is 4.39 Å². The highest BCUT2D eigenvalue weighted by Gasteiger charge is 2.22. The molecule has 1 rings (SSSR count). The molecule has 8 heteroatoms. The van der Waals surface area contributed by atoms with E-state index in [0.29, 0.717) is 6.42 Å². The van der Waals surface area contributed by atoms with E-state index in [2.05, 4.69) is 20.7 Å². The Hall–Kier alpha value is -0.210.